The summed E-state index contributed by atoms with van der Waals surface area (Å²) in [6.45, 7) is 0. The van der Waals surface area contributed by atoms with E-state index in [1.54, 1.807) is 0 Å². The molecule has 0 spiro atoms. The highest BCUT2D eigenvalue weighted by Gasteiger charge is 2.16. The second-order valence-corrected chi connectivity index (χ2v) is 9.15. The van der Waals surface area contributed by atoms with Gasteiger partial charge in [-0.25, -0.2) is 0 Å². The van der Waals surface area contributed by atoms with Crippen LogP contribution in [0.4, 0.5) is 0 Å². The maximum Gasteiger partial charge on any atom is 0.103 e. The number of nitriles is 2. The van der Waals surface area contributed by atoms with Crippen LogP contribution in [-0.4, -0.2) is 0 Å². The summed E-state index contributed by atoms with van der Waals surface area (Å²) in [6, 6.07) is 32.0. The SMILES string of the molecule is N#CC(=C(/N)Sc1ccc2ccccc2c1)/C(C#N)=C(\N)Sc1ccc2ccccc2c1. The highest BCUT2D eigenvalue weighted by Crippen LogP contribution is 2.34. The van der Waals surface area contributed by atoms with E-state index in [1.807, 2.05) is 84.9 Å². The van der Waals surface area contributed by atoms with Crippen LogP contribution < -0.4 is 11.5 Å². The topological polar surface area (TPSA) is 99.6 Å². The first-order valence-corrected chi connectivity index (χ1v) is 11.4. The second kappa shape index (κ2) is 9.53. The number of rotatable bonds is 5. The van der Waals surface area contributed by atoms with Gasteiger partial charge in [-0.15, -0.1) is 0 Å². The summed E-state index contributed by atoms with van der Waals surface area (Å²) in [5.41, 5.74) is 12.7. The van der Waals surface area contributed by atoms with Crippen molar-refractivity contribution in [2.75, 3.05) is 0 Å². The lowest BCUT2D eigenvalue weighted by Gasteiger charge is -2.09. The standard InChI is InChI=1S/C26H18N4S2/c27-15-23(25(29)31-21-11-9-17-5-1-3-7-19(17)13-21)24(16-28)26(30)32-22-12-10-18-6-2-4-8-20(18)14-22/h1-14H,29-30H2/b25-23+,26-24+. The largest absolute Gasteiger partial charge is 0.392 e. The van der Waals surface area contributed by atoms with E-state index >= 15 is 0 Å². The second-order valence-electron chi connectivity index (χ2n) is 6.92. The average molecular weight is 451 g/mol. The molecule has 4 N–H and O–H groups in total. The Balaban J connectivity index is 1.65. The van der Waals surface area contributed by atoms with Gasteiger partial charge in [-0.05, 0) is 45.8 Å². The smallest absolute Gasteiger partial charge is 0.103 e. The Bertz CT molecular complexity index is 1360. The Kier molecular flexibility index (Phi) is 6.37. The monoisotopic (exact) mass is 450 g/mol. The zero-order valence-corrected chi connectivity index (χ0v) is 18.6. The van der Waals surface area contributed by atoms with Crippen LogP contribution in [0.15, 0.2) is 116 Å². The summed E-state index contributed by atoms with van der Waals surface area (Å²) < 4.78 is 0. The van der Waals surface area contributed by atoms with Gasteiger partial charge in [0.15, 0.2) is 0 Å². The van der Waals surface area contributed by atoms with E-state index in [9.17, 15) is 10.5 Å². The van der Waals surface area contributed by atoms with Gasteiger partial charge in [0.05, 0.1) is 10.1 Å². The van der Waals surface area contributed by atoms with Crippen LogP contribution >= 0.6 is 23.5 Å². The van der Waals surface area contributed by atoms with Gasteiger partial charge in [0, 0.05) is 9.79 Å². The van der Waals surface area contributed by atoms with Gasteiger partial charge >= 0.3 is 0 Å². The van der Waals surface area contributed by atoms with Crippen LogP contribution in [0.2, 0.25) is 0 Å². The maximum atomic E-state index is 9.75. The number of benzene rings is 4. The van der Waals surface area contributed by atoms with Crippen LogP contribution in [0, 0.1) is 22.7 Å². The van der Waals surface area contributed by atoms with Crippen molar-refractivity contribution in [1.82, 2.24) is 0 Å². The average Bonchev–Trinajstić information content (AvgIpc) is 2.82. The molecule has 32 heavy (non-hydrogen) atoms. The summed E-state index contributed by atoms with van der Waals surface area (Å²) in [7, 11) is 0. The third-order valence-electron chi connectivity index (χ3n) is 4.86. The van der Waals surface area contributed by atoms with Crippen molar-refractivity contribution in [3.63, 3.8) is 0 Å². The molecule has 4 rings (SSSR count). The molecule has 0 amide bonds. The van der Waals surface area contributed by atoms with Gasteiger partial charge in [0.1, 0.15) is 23.3 Å². The lowest BCUT2D eigenvalue weighted by molar-refractivity contribution is 1.34. The minimum absolute atomic E-state index is 0.0800. The molecule has 0 bridgehead atoms. The molecule has 4 nitrogen and oxygen atoms in total. The van der Waals surface area contributed by atoms with E-state index < -0.39 is 0 Å². The van der Waals surface area contributed by atoms with Gasteiger partial charge in [-0.2, -0.15) is 10.5 Å². The minimum Gasteiger partial charge on any atom is -0.392 e. The summed E-state index contributed by atoms with van der Waals surface area (Å²) in [4.78, 5) is 1.76. The predicted molar refractivity (Wildman–Crippen MR) is 133 cm³/mol. The molecule has 154 valence electrons. The molecule has 0 saturated heterocycles. The molecule has 0 aromatic heterocycles. The van der Waals surface area contributed by atoms with Crippen molar-refractivity contribution in [3.8, 4) is 12.1 Å². The fourth-order valence-electron chi connectivity index (χ4n) is 3.29. The molecule has 0 aliphatic heterocycles. The van der Waals surface area contributed by atoms with Crippen LogP contribution in [0.25, 0.3) is 21.5 Å². The van der Waals surface area contributed by atoms with E-state index in [0.29, 0.717) is 0 Å². The first-order valence-electron chi connectivity index (χ1n) is 9.72. The van der Waals surface area contributed by atoms with Crippen molar-refractivity contribution in [1.29, 1.82) is 10.5 Å². The summed E-state index contributed by atoms with van der Waals surface area (Å²) in [6.07, 6.45) is 0. The highest BCUT2D eigenvalue weighted by atomic mass is 32.2. The van der Waals surface area contributed by atoms with Gasteiger partial charge in [0.2, 0.25) is 0 Å². The lowest BCUT2D eigenvalue weighted by Crippen LogP contribution is -2.05. The molecule has 6 heteroatoms. The molecule has 0 saturated carbocycles. The van der Waals surface area contributed by atoms with Gasteiger partial charge < -0.3 is 11.5 Å². The molecule has 0 aliphatic rings. The summed E-state index contributed by atoms with van der Waals surface area (Å²) >= 11 is 2.49. The molecule has 0 fully saturated rings. The Morgan fingerprint density at radius 3 is 1.31 bits per heavy atom. The van der Waals surface area contributed by atoms with Crippen LogP contribution in [0.5, 0.6) is 0 Å². The van der Waals surface area contributed by atoms with E-state index in [4.69, 9.17) is 11.5 Å². The molecular formula is C26H18N4S2. The van der Waals surface area contributed by atoms with Crippen LogP contribution in [-0.2, 0) is 0 Å². The van der Waals surface area contributed by atoms with Crippen molar-refractivity contribution >= 4 is 45.1 Å². The number of hydrogen-bond acceptors (Lipinski definition) is 6. The molecule has 0 radical (unpaired) electrons. The zero-order valence-electron chi connectivity index (χ0n) is 16.9. The first kappa shape index (κ1) is 21.4. The van der Waals surface area contributed by atoms with E-state index in [-0.39, 0.29) is 21.2 Å². The van der Waals surface area contributed by atoms with Gasteiger partial charge in [0.25, 0.3) is 0 Å². The van der Waals surface area contributed by atoms with Gasteiger partial charge in [-0.3, -0.25) is 0 Å². The van der Waals surface area contributed by atoms with Crippen molar-refractivity contribution in [3.05, 3.63) is 106 Å². The molecule has 4 aromatic rings. The fourth-order valence-corrected chi connectivity index (χ4v) is 4.94. The van der Waals surface area contributed by atoms with E-state index in [1.165, 1.54) is 23.5 Å². The van der Waals surface area contributed by atoms with E-state index in [2.05, 4.69) is 12.1 Å². The number of fused-ring (bicyclic) bond motifs is 2. The highest BCUT2D eigenvalue weighted by molar-refractivity contribution is 8.03. The predicted octanol–water partition coefficient (Wildman–Crippen LogP) is 6.27. The maximum absolute atomic E-state index is 9.75. The number of thioether (sulfide) groups is 2. The molecule has 0 heterocycles. The third kappa shape index (κ3) is 4.58. The van der Waals surface area contributed by atoms with Crippen LogP contribution in [0.3, 0.4) is 0 Å². The van der Waals surface area contributed by atoms with Crippen molar-refractivity contribution in [2.45, 2.75) is 9.79 Å². The van der Waals surface area contributed by atoms with Crippen molar-refractivity contribution in [2.24, 2.45) is 11.5 Å². The van der Waals surface area contributed by atoms with E-state index in [0.717, 1.165) is 31.3 Å². The third-order valence-corrected chi connectivity index (χ3v) is 6.69. The van der Waals surface area contributed by atoms with Crippen LogP contribution in [0.1, 0.15) is 0 Å². The molecular weight excluding hydrogens is 432 g/mol. The Hall–Kier alpha value is -3.84. The Labute approximate surface area is 194 Å². The number of nitrogens with two attached hydrogens (primary N) is 2. The Morgan fingerprint density at radius 2 is 0.938 bits per heavy atom. The van der Waals surface area contributed by atoms with Crippen molar-refractivity contribution < 1.29 is 0 Å². The molecule has 0 atom stereocenters. The quantitative estimate of drug-likeness (QED) is 0.211. The van der Waals surface area contributed by atoms with Gasteiger partial charge in [-0.1, -0.05) is 84.2 Å². The Morgan fingerprint density at radius 1 is 0.562 bits per heavy atom. The normalized spacial score (nSPS) is 12.6. The molecule has 0 unspecified atom stereocenters. The molecule has 0 aliphatic carbocycles. The summed E-state index contributed by atoms with van der Waals surface area (Å²) in [5.74, 6) is 0. The first-order chi connectivity index (χ1) is 15.6. The molecule has 4 aromatic carbocycles. The number of nitrogens with zero attached hydrogens (tertiary/aromatic N) is 2. The minimum atomic E-state index is 0.0800. The zero-order chi connectivity index (χ0) is 22.5. The lowest BCUT2D eigenvalue weighted by atomic mass is 10.1. The summed E-state index contributed by atoms with van der Waals surface area (Å²) in [5, 5.41) is 24.4. The fraction of sp³-hybridized carbons (Fsp3) is 0. The number of hydrogen-bond donors (Lipinski definition) is 2. The number of allylic oxidation sites excluding steroid dienone is 2.